The largest absolute Gasteiger partial charge is 0.469 e. The first-order chi connectivity index (χ1) is 9.65. The number of allylic oxidation sites excluding steroid dienone is 1. The molecule has 3 heteroatoms. The molecule has 1 fully saturated rings. The fourth-order valence-corrected chi connectivity index (χ4v) is 3.51. The van der Waals surface area contributed by atoms with E-state index in [1.165, 1.54) is 12.7 Å². The van der Waals surface area contributed by atoms with E-state index in [0.29, 0.717) is 6.42 Å². The zero-order valence-corrected chi connectivity index (χ0v) is 12.3. The van der Waals surface area contributed by atoms with E-state index in [1.54, 1.807) is 0 Å². The van der Waals surface area contributed by atoms with Gasteiger partial charge in [-0.1, -0.05) is 36.4 Å². The third-order valence-corrected chi connectivity index (χ3v) is 4.31. The molecule has 0 amide bonds. The summed E-state index contributed by atoms with van der Waals surface area (Å²) < 4.78 is 5.13. The lowest BCUT2D eigenvalue weighted by atomic mass is 9.68. The zero-order valence-electron chi connectivity index (χ0n) is 12.3. The summed E-state index contributed by atoms with van der Waals surface area (Å²) in [7, 11) is 3.56. The van der Waals surface area contributed by atoms with Crippen molar-refractivity contribution in [3.63, 3.8) is 0 Å². The summed E-state index contributed by atoms with van der Waals surface area (Å²) in [6.07, 6.45) is 4.33. The van der Waals surface area contributed by atoms with E-state index in [0.717, 1.165) is 19.4 Å². The van der Waals surface area contributed by atoms with E-state index in [4.69, 9.17) is 4.74 Å². The average Bonchev–Trinajstić information content (AvgIpc) is 2.47. The highest BCUT2D eigenvalue weighted by Crippen LogP contribution is 2.48. The fraction of sp³-hybridized carbons (Fsp3) is 0.471. The van der Waals surface area contributed by atoms with E-state index < -0.39 is 5.41 Å². The summed E-state index contributed by atoms with van der Waals surface area (Å²) >= 11 is 0. The minimum Gasteiger partial charge on any atom is -0.469 e. The Balaban J connectivity index is 2.49. The smallest absolute Gasteiger partial charge is 0.314 e. The van der Waals surface area contributed by atoms with Gasteiger partial charge in [0.2, 0.25) is 0 Å². The number of benzene rings is 1. The predicted molar refractivity (Wildman–Crippen MR) is 80.3 cm³/mol. The Hall–Kier alpha value is -1.61. The minimum absolute atomic E-state index is 0.0444. The van der Waals surface area contributed by atoms with E-state index >= 15 is 0 Å². The minimum atomic E-state index is -0.523. The first-order valence-corrected chi connectivity index (χ1v) is 7.10. The number of likely N-dealkylation sites (tertiary alicyclic amines) is 1. The van der Waals surface area contributed by atoms with Crippen LogP contribution in [0.3, 0.4) is 0 Å². The highest BCUT2D eigenvalue weighted by atomic mass is 16.5. The second kappa shape index (κ2) is 6.23. The van der Waals surface area contributed by atoms with Gasteiger partial charge in [-0.15, -0.1) is 6.58 Å². The number of rotatable bonds is 4. The maximum absolute atomic E-state index is 12.5. The average molecular weight is 273 g/mol. The summed E-state index contributed by atoms with van der Waals surface area (Å²) in [5.74, 6) is -0.127. The van der Waals surface area contributed by atoms with Crippen molar-refractivity contribution in [2.24, 2.45) is 5.41 Å². The van der Waals surface area contributed by atoms with Gasteiger partial charge in [-0.05, 0) is 38.4 Å². The SMILES string of the molecule is C=CCC1(C(=O)OC)CCCN(C)C1c1ccccc1. The number of hydrogen-bond donors (Lipinski definition) is 0. The molecule has 0 radical (unpaired) electrons. The molecule has 2 atom stereocenters. The van der Waals surface area contributed by atoms with Crippen molar-refractivity contribution in [3.8, 4) is 0 Å². The molecule has 1 aliphatic heterocycles. The van der Waals surface area contributed by atoms with Gasteiger partial charge < -0.3 is 4.74 Å². The Kier molecular flexibility index (Phi) is 4.61. The van der Waals surface area contributed by atoms with E-state index in [-0.39, 0.29) is 12.0 Å². The Morgan fingerprint density at radius 1 is 1.50 bits per heavy atom. The maximum atomic E-state index is 12.5. The predicted octanol–water partition coefficient (Wildman–Crippen LogP) is 3.19. The van der Waals surface area contributed by atoms with Crippen molar-refractivity contribution < 1.29 is 9.53 Å². The lowest BCUT2D eigenvalue weighted by Crippen LogP contribution is -2.49. The molecule has 108 valence electrons. The molecule has 1 aromatic rings. The zero-order chi connectivity index (χ0) is 14.6. The van der Waals surface area contributed by atoms with Crippen LogP contribution in [0.15, 0.2) is 43.0 Å². The quantitative estimate of drug-likeness (QED) is 0.623. The monoisotopic (exact) mass is 273 g/mol. The summed E-state index contributed by atoms with van der Waals surface area (Å²) in [5, 5.41) is 0. The molecule has 0 N–H and O–H groups in total. The van der Waals surface area contributed by atoms with Crippen LogP contribution in [0.25, 0.3) is 0 Å². The lowest BCUT2D eigenvalue weighted by Gasteiger charge is -2.46. The number of carbonyl (C=O) groups is 1. The van der Waals surface area contributed by atoms with Gasteiger partial charge in [0.05, 0.1) is 18.6 Å². The van der Waals surface area contributed by atoms with Gasteiger partial charge in [0.15, 0.2) is 0 Å². The van der Waals surface area contributed by atoms with Crippen LogP contribution in [0, 0.1) is 5.41 Å². The number of nitrogens with zero attached hydrogens (tertiary/aromatic N) is 1. The molecule has 1 heterocycles. The molecule has 0 bridgehead atoms. The van der Waals surface area contributed by atoms with Crippen LogP contribution in [0.5, 0.6) is 0 Å². The topological polar surface area (TPSA) is 29.5 Å². The summed E-state index contributed by atoms with van der Waals surface area (Å²) in [4.78, 5) is 14.8. The lowest BCUT2D eigenvalue weighted by molar-refractivity contribution is -0.161. The van der Waals surface area contributed by atoms with Crippen LogP contribution in [-0.2, 0) is 9.53 Å². The Morgan fingerprint density at radius 2 is 2.20 bits per heavy atom. The number of methoxy groups -OCH3 is 1. The van der Waals surface area contributed by atoms with Crippen LogP contribution < -0.4 is 0 Å². The van der Waals surface area contributed by atoms with Gasteiger partial charge in [0.25, 0.3) is 0 Å². The molecule has 3 nitrogen and oxygen atoms in total. The van der Waals surface area contributed by atoms with E-state index in [9.17, 15) is 4.79 Å². The van der Waals surface area contributed by atoms with Crippen molar-refractivity contribution in [1.82, 2.24) is 4.90 Å². The number of piperidine rings is 1. The van der Waals surface area contributed by atoms with E-state index in [2.05, 4.69) is 30.7 Å². The second-order valence-electron chi connectivity index (χ2n) is 5.54. The van der Waals surface area contributed by atoms with Crippen LogP contribution in [0.1, 0.15) is 30.9 Å². The number of hydrogen-bond acceptors (Lipinski definition) is 3. The first-order valence-electron chi connectivity index (χ1n) is 7.10. The molecule has 1 saturated heterocycles. The molecule has 0 aliphatic carbocycles. The summed E-state index contributed by atoms with van der Waals surface area (Å²) in [5.41, 5.74) is 0.646. The number of esters is 1. The van der Waals surface area contributed by atoms with Crippen molar-refractivity contribution in [3.05, 3.63) is 48.6 Å². The van der Waals surface area contributed by atoms with Crippen LogP contribution in [0.4, 0.5) is 0 Å². The van der Waals surface area contributed by atoms with Gasteiger partial charge in [0, 0.05) is 0 Å². The van der Waals surface area contributed by atoms with Gasteiger partial charge in [-0.2, -0.15) is 0 Å². The Bertz CT molecular complexity index is 471. The third-order valence-electron chi connectivity index (χ3n) is 4.31. The Labute approximate surface area is 121 Å². The molecule has 1 aromatic carbocycles. The Morgan fingerprint density at radius 3 is 2.80 bits per heavy atom. The standard InChI is InChI=1S/C17H23NO2/c1-4-11-17(16(19)20-3)12-8-13-18(2)15(17)14-9-6-5-7-10-14/h4-7,9-10,15H,1,8,11-13H2,2-3H3. The summed E-state index contributed by atoms with van der Waals surface area (Å²) in [6, 6.07) is 10.3. The molecule has 0 saturated carbocycles. The van der Waals surface area contributed by atoms with Crippen molar-refractivity contribution in [2.45, 2.75) is 25.3 Å². The molecule has 20 heavy (non-hydrogen) atoms. The molecule has 1 aliphatic rings. The molecular weight excluding hydrogens is 250 g/mol. The highest BCUT2D eigenvalue weighted by Gasteiger charge is 2.49. The van der Waals surface area contributed by atoms with Gasteiger partial charge in [-0.25, -0.2) is 0 Å². The molecule has 0 spiro atoms. The third kappa shape index (κ3) is 2.50. The van der Waals surface area contributed by atoms with Gasteiger partial charge >= 0.3 is 5.97 Å². The molecule has 2 unspecified atom stereocenters. The van der Waals surface area contributed by atoms with Crippen LogP contribution >= 0.6 is 0 Å². The number of carbonyl (C=O) groups excluding carboxylic acids is 1. The number of ether oxygens (including phenoxy) is 1. The second-order valence-corrected chi connectivity index (χ2v) is 5.54. The first kappa shape index (κ1) is 14.8. The van der Waals surface area contributed by atoms with Gasteiger partial charge in [0.1, 0.15) is 0 Å². The van der Waals surface area contributed by atoms with Gasteiger partial charge in [-0.3, -0.25) is 9.69 Å². The molecule has 0 aromatic heterocycles. The van der Waals surface area contributed by atoms with E-state index in [1.807, 2.05) is 24.3 Å². The van der Waals surface area contributed by atoms with Crippen LogP contribution in [0.2, 0.25) is 0 Å². The van der Waals surface area contributed by atoms with Crippen LogP contribution in [-0.4, -0.2) is 31.6 Å². The van der Waals surface area contributed by atoms with Crippen molar-refractivity contribution in [1.29, 1.82) is 0 Å². The molecular formula is C17H23NO2. The summed E-state index contributed by atoms with van der Waals surface area (Å²) in [6.45, 7) is 4.84. The normalized spacial score (nSPS) is 27.0. The highest BCUT2D eigenvalue weighted by molar-refractivity contribution is 5.78. The fourth-order valence-electron chi connectivity index (χ4n) is 3.51. The maximum Gasteiger partial charge on any atom is 0.314 e. The van der Waals surface area contributed by atoms with Crippen molar-refractivity contribution in [2.75, 3.05) is 20.7 Å². The molecule has 2 rings (SSSR count). The van der Waals surface area contributed by atoms with Crippen molar-refractivity contribution >= 4 is 5.97 Å².